The van der Waals surface area contributed by atoms with Crippen molar-refractivity contribution in [3.63, 3.8) is 0 Å². The Labute approximate surface area is 192 Å². The van der Waals surface area contributed by atoms with Crippen LogP contribution in [0.3, 0.4) is 0 Å². The quantitative estimate of drug-likeness (QED) is 0.320. The van der Waals surface area contributed by atoms with Gasteiger partial charge in [-0.1, -0.05) is 59.6 Å². The zero-order valence-electron chi connectivity index (χ0n) is 16.0. The Morgan fingerprint density at radius 3 is 2.57 bits per heavy atom. The fourth-order valence-corrected chi connectivity index (χ4v) is 4.99. The molecule has 4 rings (SSSR count). The molecule has 0 aliphatic heterocycles. The van der Waals surface area contributed by atoms with Crippen LogP contribution in [0.2, 0.25) is 10.0 Å². The third kappa shape index (κ3) is 4.55. The van der Waals surface area contributed by atoms with E-state index in [-0.39, 0.29) is 11.8 Å². The lowest BCUT2D eigenvalue weighted by Gasteiger charge is -2.09. The molecular weight excluding hydrogens is 461 g/mol. The number of rotatable bonds is 6. The van der Waals surface area contributed by atoms with Crippen LogP contribution in [-0.4, -0.2) is 20.3 Å². The summed E-state index contributed by atoms with van der Waals surface area (Å²) in [6.07, 6.45) is 2.94. The van der Waals surface area contributed by atoms with Gasteiger partial charge in [-0.25, -0.2) is 4.98 Å². The van der Waals surface area contributed by atoms with Gasteiger partial charge in [0.15, 0.2) is 5.01 Å². The summed E-state index contributed by atoms with van der Waals surface area (Å²) in [4.78, 5) is 5.85. The molecule has 0 saturated heterocycles. The Hall–Kier alpha value is -1.90. The van der Waals surface area contributed by atoms with Gasteiger partial charge >= 0.3 is 0 Å². The molecule has 30 heavy (non-hydrogen) atoms. The van der Waals surface area contributed by atoms with Crippen molar-refractivity contribution < 1.29 is 9.52 Å². The van der Waals surface area contributed by atoms with Gasteiger partial charge in [-0.15, -0.1) is 33.3 Å². The van der Waals surface area contributed by atoms with Gasteiger partial charge in [-0.05, 0) is 25.5 Å². The van der Waals surface area contributed by atoms with Gasteiger partial charge in [-0.2, -0.15) is 0 Å². The largest absolute Gasteiger partial charge is 0.415 e. The van der Waals surface area contributed by atoms with Crippen LogP contribution in [0.25, 0.3) is 21.3 Å². The minimum atomic E-state index is -1.22. The molecule has 9 heteroatoms. The van der Waals surface area contributed by atoms with Crippen LogP contribution < -0.4 is 0 Å². The lowest BCUT2D eigenvalue weighted by atomic mass is 10.1. The first-order valence-electron chi connectivity index (χ1n) is 8.93. The smallest absolute Gasteiger partial charge is 0.276 e. The van der Waals surface area contributed by atoms with Crippen molar-refractivity contribution >= 4 is 46.3 Å². The van der Waals surface area contributed by atoms with Crippen LogP contribution in [0.15, 0.2) is 51.8 Å². The second kappa shape index (κ2) is 8.69. The fraction of sp³-hybridized carbons (Fsp3) is 0.190. The monoisotopic (exact) mass is 476 g/mol. The zero-order chi connectivity index (χ0) is 21.3. The second-order valence-electron chi connectivity index (χ2n) is 6.94. The van der Waals surface area contributed by atoms with Crippen LogP contribution in [-0.2, 0) is 11.4 Å². The molecule has 1 N–H and O–H groups in total. The molecule has 0 aliphatic rings. The number of halogens is 2. The Bertz CT molecular complexity index is 1170. The first-order chi connectivity index (χ1) is 14.3. The number of benzene rings is 2. The van der Waals surface area contributed by atoms with E-state index in [4.69, 9.17) is 27.6 Å². The number of aromatic nitrogens is 3. The molecule has 2 aromatic heterocycles. The van der Waals surface area contributed by atoms with E-state index in [1.807, 2.05) is 30.3 Å². The van der Waals surface area contributed by atoms with Crippen molar-refractivity contribution in [1.29, 1.82) is 0 Å². The molecule has 4 aromatic rings. The molecule has 153 valence electrons. The SMILES string of the molecule is CC(C)(O)c1nnc(-c2n[c]c(-c3ccc(SCc4ccccc4)c(Cl)c3Cl)s2)o1. The molecule has 1 radical (unpaired) electrons. The number of thiazole rings is 1. The molecule has 0 unspecified atom stereocenters. The Morgan fingerprint density at radius 2 is 1.87 bits per heavy atom. The summed E-state index contributed by atoms with van der Waals surface area (Å²) in [5, 5.41) is 19.3. The second-order valence-corrected chi connectivity index (χ2v) is 9.72. The van der Waals surface area contributed by atoms with Crippen molar-refractivity contribution in [1.82, 2.24) is 15.2 Å². The molecule has 0 spiro atoms. The first-order valence-corrected chi connectivity index (χ1v) is 11.5. The van der Waals surface area contributed by atoms with E-state index in [9.17, 15) is 5.11 Å². The van der Waals surface area contributed by atoms with Gasteiger partial charge in [0, 0.05) is 16.2 Å². The van der Waals surface area contributed by atoms with Crippen molar-refractivity contribution in [2.24, 2.45) is 0 Å². The van der Waals surface area contributed by atoms with Crippen LogP contribution in [0.4, 0.5) is 0 Å². The number of hydrogen-bond donors (Lipinski definition) is 1. The Morgan fingerprint density at radius 1 is 1.10 bits per heavy atom. The minimum absolute atomic E-state index is 0.120. The van der Waals surface area contributed by atoms with E-state index >= 15 is 0 Å². The molecule has 5 nitrogen and oxygen atoms in total. The van der Waals surface area contributed by atoms with Gasteiger partial charge in [0.05, 0.1) is 14.9 Å². The Kier molecular flexibility index (Phi) is 6.18. The molecular formula is C21H16Cl2N3O2S2. The number of hydrogen-bond acceptors (Lipinski definition) is 7. The lowest BCUT2D eigenvalue weighted by molar-refractivity contribution is 0.0488. The topological polar surface area (TPSA) is 72.0 Å². The summed E-state index contributed by atoms with van der Waals surface area (Å²) in [7, 11) is 0. The van der Waals surface area contributed by atoms with Crippen molar-refractivity contribution in [2.45, 2.75) is 30.1 Å². The highest BCUT2D eigenvalue weighted by atomic mass is 35.5. The molecule has 0 saturated carbocycles. The summed E-state index contributed by atoms with van der Waals surface area (Å²) >= 11 is 16.0. The first kappa shape index (κ1) is 21.3. The maximum Gasteiger partial charge on any atom is 0.276 e. The zero-order valence-corrected chi connectivity index (χ0v) is 19.2. The van der Waals surface area contributed by atoms with Crippen molar-refractivity contribution in [3.05, 3.63) is 70.2 Å². The highest BCUT2D eigenvalue weighted by Crippen LogP contribution is 2.42. The van der Waals surface area contributed by atoms with E-state index in [1.165, 1.54) is 16.9 Å². The summed E-state index contributed by atoms with van der Waals surface area (Å²) < 4.78 is 5.52. The van der Waals surface area contributed by atoms with Gasteiger partial charge in [0.2, 0.25) is 5.89 Å². The summed E-state index contributed by atoms with van der Waals surface area (Å²) in [5.41, 5.74) is 0.722. The number of aliphatic hydroxyl groups is 1. The average Bonchev–Trinajstić information content (AvgIpc) is 3.39. The molecule has 0 fully saturated rings. The molecule has 0 bridgehead atoms. The molecule has 2 heterocycles. The minimum Gasteiger partial charge on any atom is -0.415 e. The van der Waals surface area contributed by atoms with E-state index in [2.05, 4.69) is 33.5 Å². The van der Waals surface area contributed by atoms with Crippen molar-refractivity contribution in [3.8, 4) is 21.3 Å². The maximum atomic E-state index is 9.99. The van der Waals surface area contributed by atoms with Crippen LogP contribution in [0.1, 0.15) is 25.3 Å². The van der Waals surface area contributed by atoms with Gasteiger partial charge in [0.1, 0.15) is 11.8 Å². The molecule has 0 aliphatic carbocycles. The summed E-state index contributed by atoms with van der Waals surface area (Å²) in [6, 6.07) is 14.0. The molecule has 0 atom stereocenters. The van der Waals surface area contributed by atoms with Crippen LogP contribution in [0.5, 0.6) is 0 Å². The van der Waals surface area contributed by atoms with Crippen LogP contribution >= 0.6 is 46.3 Å². The van der Waals surface area contributed by atoms with Gasteiger partial charge in [0.25, 0.3) is 5.89 Å². The molecule has 2 aromatic carbocycles. The van der Waals surface area contributed by atoms with E-state index in [0.717, 1.165) is 16.2 Å². The summed E-state index contributed by atoms with van der Waals surface area (Å²) in [6.45, 7) is 3.14. The highest BCUT2D eigenvalue weighted by molar-refractivity contribution is 7.98. The average molecular weight is 477 g/mol. The fourth-order valence-electron chi connectivity index (χ4n) is 2.56. The lowest BCUT2D eigenvalue weighted by Crippen LogP contribution is -2.15. The third-order valence-corrected chi connectivity index (χ3v) is 7.22. The van der Waals surface area contributed by atoms with Crippen LogP contribution in [0, 0.1) is 6.20 Å². The maximum absolute atomic E-state index is 9.99. The highest BCUT2D eigenvalue weighted by Gasteiger charge is 2.25. The van der Waals surface area contributed by atoms with Gasteiger partial charge < -0.3 is 9.52 Å². The normalized spacial score (nSPS) is 11.8. The molecule has 0 amide bonds. The van der Waals surface area contributed by atoms with E-state index in [1.54, 1.807) is 25.6 Å². The predicted octanol–water partition coefficient (Wildman–Crippen LogP) is 6.49. The van der Waals surface area contributed by atoms with E-state index in [0.29, 0.717) is 19.9 Å². The third-order valence-electron chi connectivity index (χ3n) is 4.12. The standard InChI is InChI=1S/C21H16Cl2N3O2S2/c1-21(2,27)20-26-25-18(28-20)19-24-10-15(30-19)13-8-9-14(17(23)16(13)22)29-11-12-6-4-3-5-7-12/h3-9,27H,11H2,1-2H3. The number of nitrogens with zero attached hydrogens (tertiary/aromatic N) is 3. The van der Waals surface area contributed by atoms with Crippen molar-refractivity contribution in [2.75, 3.05) is 0 Å². The predicted molar refractivity (Wildman–Crippen MR) is 121 cm³/mol. The summed E-state index contributed by atoms with van der Waals surface area (Å²) in [5.74, 6) is 1.14. The Balaban J connectivity index is 1.56. The van der Waals surface area contributed by atoms with Gasteiger partial charge in [-0.3, -0.25) is 0 Å². The van der Waals surface area contributed by atoms with E-state index < -0.39 is 5.60 Å². The number of thioether (sulfide) groups is 1.